The van der Waals surface area contributed by atoms with Gasteiger partial charge in [-0.3, -0.25) is 9.59 Å². The number of benzene rings is 2. The summed E-state index contributed by atoms with van der Waals surface area (Å²) >= 11 is 2.07. The highest BCUT2D eigenvalue weighted by Crippen LogP contribution is 2.39. The summed E-state index contributed by atoms with van der Waals surface area (Å²) in [6.45, 7) is 1.87. The fraction of sp³-hybridized carbons (Fsp3) is 0.100. The maximum atomic E-state index is 12.7. The quantitative estimate of drug-likeness (QED) is 0.413. The fourth-order valence-electron chi connectivity index (χ4n) is 2.77. The van der Waals surface area contributed by atoms with Crippen LogP contribution in [0, 0.1) is 0 Å². The summed E-state index contributed by atoms with van der Waals surface area (Å²) in [6, 6.07) is 16.9. The Morgan fingerprint density at radius 2 is 1.70 bits per heavy atom. The molecule has 114 valence electrons. The monoisotopic (exact) mass is 414 g/mol. The molecule has 3 heteroatoms. The van der Waals surface area contributed by atoms with Gasteiger partial charge in [0, 0.05) is 5.56 Å². The van der Waals surface area contributed by atoms with E-state index >= 15 is 0 Å². The van der Waals surface area contributed by atoms with Crippen molar-refractivity contribution in [1.82, 2.24) is 0 Å². The van der Waals surface area contributed by atoms with Crippen LogP contribution in [0.15, 0.2) is 70.3 Å². The molecule has 0 aromatic heterocycles. The first kappa shape index (κ1) is 15.9. The average molecular weight is 414 g/mol. The average Bonchev–Trinajstić information content (AvgIpc) is 2.59. The van der Waals surface area contributed by atoms with Crippen molar-refractivity contribution in [2.24, 2.45) is 0 Å². The van der Waals surface area contributed by atoms with Crippen molar-refractivity contribution in [2.75, 3.05) is 0 Å². The molecular formula is C20H15IO2. The first-order valence-electron chi connectivity index (χ1n) is 7.32. The summed E-state index contributed by atoms with van der Waals surface area (Å²) in [7, 11) is 0. The zero-order chi connectivity index (χ0) is 16.4. The molecule has 0 amide bonds. The van der Waals surface area contributed by atoms with Gasteiger partial charge in [0.2, 0.25) is 0 Å². The summed E-state index contributed by atoms with van der Waals surface area (Å²) < 4.78 is 0.681. The molecule has 0 aliphatic heterocycles. The predicted octanol–water partition coefficient (Wildman–Crippen LogP) is 4.74. The second-order valence-corrected chi connectivity index (χ2v) is 6.84. The lowest BCUT2D eigenvalue weighted by atomic mass is 9.73. The molecule has 0 N–H and O–H groups in total. The first-order chi connectivity index (χ1) is 11.0. The number of fused-ring (bicyclic) bond motifs is 1. The van der Waals surface area contributed by atoms with E-state index in [0.29, 0.717) is 9.14 Å². The Labute approximate surface area is 149 Å². The van der Waals surface area contributed by atoms with Crippen LogP contribution in [0.1, 0.15) is 28.4 Å². The third-order valence-corrected chi connectivity index (χ3v) is 4.92. The van der Waals surface area contributed by atoms with Gasteiger partial charge in [0.25, 0.3) is 0 Å². The Morgan fingerprint density at radius 3 is 2.43 bits per heavy atom. The first-order valence-corrected chi connectivity index (χ1v) is 8.40. The SMILES string of the molecule is C[C@]1(/C=C\C(=O)c2ccccc2)C(=O)C(I)=Cc2ccccc21. The maximum absolute atomic E-state index is 12.7. The van der Waals surface area contributed by atoms with Gasteiger partial charge < -0.3 is 0 Å². The summed E-state index contributed by atoms with van der Waals surface area (Å²) in [5.41, 5.74) is 1.76. The molecule has 23 heavy (non-hydrogen) atoms. The van der Waals surface area contributed by atoms with Gasteiger partial charge in [0.15, 0.2) is 11.6 Å². The van der Waals surface area contributed by atoms with Crippen LogP contribution in [0.4, 0.5) is 0 Å². The van der Waals surface area contributed by atoms with E-state index in [1.165, 1.54) is 6.08 Å². The molecule has 0 spiro atoms. The zero-order valence-electron chi connectivity index (χ0n) is 12.6. The third kappa shape index (κ3) is 2.93. The summed E-state index contributed by atoms with van der Waals surface area (Å²) in [6.07, 6.45) is 5.14. The van der Waals surface area contributed by atoms with E-state index in [1.54, 1.807) is 18.2 Å². The molecule has 3 rings (SSSR count). The molecular weight excluding hydrogens is 399 g/mol. The van der Waals surface area contributed by atoms with Crippen molar-refractivity contribution in [3.63, 3.8) is 0 Å². The highest BCUT2D eigenvalue weighted by atomic mass is 127. The largest absolute Gasteiger partial charge is 0.292 e. The van der Waals surface area contributed by atoms with E-state index in [4.69, 9.17) is 0 Å². The maximum Gasteiger partial charge on any atom is 0.185 e. The number of halogens is 1. The molecule has 0 radical (unpaired) electrons. The molecule has 0 heterocycles. The van der Waals surface area contributed by atoms with Crippen molar-refractivity contribution in [3.05, 3.63) is 87.0 Å². The Bertz CT molecular complexity index is 834. The standard InChI is InChI=1S/C20H15IO2/c1-20(12-11-18(22)14-7-3-2-4-8-14)16-10-6-5-9-15(16)13-17(21)19(20)23/h2-13H,1H3/b12-11-/t20-/m1/s1. The lowest BCUT2D eigenvalue weighted by Crippen LogP contribution is -2.33. The number of hydrogen-bond acceptors (Lipinski definition) is 2. The van der Waals surface area contributed by atoms with Crippen LogP contribution in [-0.2, 0) is 10.2 Å². The predicted molar refractivity (Wildman–Crippen MR) is 101 cm³/mol. The van der Waals surface area contributed by atoms with Crippen LogP contribution >= 0.6 is 22.6 Å². The molecule has 1 aliphatic carbocycles. The minimum Gasteiger partial charge on any atom is -0.292 e. The fourth-order valence-corrected chi connectivity index (χ4v) is 3.67. The van der Waals surface area contributed by atoms with Crippen LogP contribution in [0.25, 0.3) is 6.08 Å². The Hall–Kier alpha value is -2.01. The van der Waals surface area contributed by atoms with Crippen molar-refractivity contribution in [1.29, 1.82) is 0 Å². The molecule has 1 atom stereocenters. The molecule has 0 unspecified atom stereocenters. The molecule has 2 aromatic rings. The van der Waals surface area contributed by atoms with Crippen molar-refractivity contribution in [3.8, 4) is 0 Å². The summed E-state index contributed by atoms with van der Waals surface area (Å²) in [5.74, 6) is -0.0735. The van der Waals surface area contributed by atoms with E-state index in [0.717, 1.165) is 11.1 Å². The molecule has 0 saturated heterocycles. The molecule has 0 saturated carbocycles. The van der Waals surface area contributed by atoms with Crippen LogP contribution in [0.5, 0.6) is 0 Å². The van der Waals surface area contributed by atoms with Crippen LogP contribution in [0.2, 0.25) is 0 Å². The van der Waals surface area contributed by atoms with Gasteiger partial charge in [-0.25, -0.2) is 0 Å². The number of rotatable bonds is 3. The van der Waals surface area contributed by atoms with Gasteiger partial charge >= 0.3 is 0 Å². The van der Waals surface area contributed by atoms with Crippen LogP contribution < -0.4 is 0 Å². The van der Waals surface area contributed by atoms with E-state index in [1.807, 2.05) is 55.5 Å². The number of Topliss-reactive ketones (excluding diaryl/α,β-unsaturated/α-hetero) is 1. The smallest absolute Gasteiger partial charge is 0.185 e. The van der Waals surface area contributed by atoms with Crippen LogP contribution in [-0.4, -0.2) is 11.6 Å². The van der Waals surface area contributed by atoms with E-state index in [-0.39, 0.29) is 11.6 Å². The van der Waals surface area contributed by atoms with Gasteiger partial charge in [-0.05, 0) is 52.8 Å². The molecule has 1 aliphatic rings. The highest BCUT2D eigenvalue weighted by Gasteiger charge is 2.38. The number of allylic oxidation sites excluding steroid dienone is 3. The van der Waals surface area contributed by atoms with Crippen molar-refractivity contribution < 1.29 is 9.59 Å². The number of hydrogen-bond donors (Lipinski definition) is 0. The second-order valence-electron chi connectivity index (χ2n) is 5.67. The van der Waals surface area contributed by atoms with E-state index in [9.17, 15) is 9.59 Å². The number of carbonyl (C=O) groups excluding carboxylic acids is 2. The minimum absolute atomic E-state index is 0.0221. The Balaban J connectivity index is 2.01. The van der Waals surface area contributed by atoms with Gasteiger partial charge in [-0.15, -0.1) is 0 Å². The zero-order valence-corrected chi connectivity index (χ0v) is 14.8. The molecule has 0 bridgehead atoms. The van der Waals surface area contributed by atoms with Crippen molar-refractivity contribution >= 4 is 40.2 Å². The van der Waals surface area contributed by atoms with Gasteiger partial charge in [0.05, 0.1) is 8.99 Å². The normalized spacial score (nSPS) is 20.3. The van der Waals surface area contributed by atoms with Gasteiger partial charge in [0.1, 0.15) is 0 Å². The summed E-state index contributed by atoms with van der Waals surface area (Å²) in [4.78, 5) is 25.0. The topological polar surface area (TPSA) is 34.1 Å². The Morgan fingerprint density at radius 1 is 1.04 bits per heavy atom. The lowest BCUT2D eigenvalue weighted by molar-refractivity contribution is -0.118. The highest BCUT2D eigenvalue weighted by molar-refractivity contribution is 14.1. The van der Waals surface area contributed by atoms with Gasteiger partial charge in [-0.2, -0.15) is 0 Å². The summed E-state index contributed by atoms with van der Waals surface area (Å²) in [5, 5.41) is 0. The molecule has 2 nitrogen and oxygen atoms in total. The number of carbonyl (C=O) groups is 2. The third-order valence-electron chi connectivity index (χ3n) is 4.12. The van der Waals surface area contributed by atoms with Crippen LogP contribution in [0.3, 0.4) is 0 Å². The number of ketones is 2. The molecule has 2 aromatic carbocycles. The minimum atomic E-state index is -0.813. The second kappa shape index (κ2) is 6.24. The van der Waals surface area contributed by atoms with E-state index in [2.05, 4.69) is 22.6 Å². The van der Waals surface area contributed by atoms with Gasteiger partial charge in [-0.1, -0.05) is 60.7 Å². The van der Waals surface area contributed by atoms with E-state index < -0.39 is 5.41 Å². The Kier molecular flexibility index (Phi) is 4.31. The molecule has 0 fully saturated rings. The lowest BCUT2D eigenvalue weighted by Gasteiger charge is -2.30. The van der Waals surface area contributed by atoms with Crippen molar-refractivity contribution in [2.45, 2.75) is 12.3 Å².